The number of halogens is 1. The van der Waals surface area contributed by atoms with Gasteiger partial charge in [0, 0.05) is 44.7 Å². The first-order valence-electron chi connectivity index (χ1n) is 23.3. The third-order valence-electron chi connectivity index (χ3n) is 12.4. The Morgan fingerprint density at radius 3 is 2.46 bits per heavy atom. The summed E-state index contributed by atoms with van der Waals surface area (Å²) in [5, 5.41) is 20.8. The lowest BCUT2D eigenvalue weighted by atomic mass is 9.84. The Balaban J connectivity index is 0.966. The molecule has 4 aromatic rings. The predicted molar refractivity (Wildman–Crippen MR) is 257 cm³/mol. The molecule has 22 heteroatoms. The number of nitrogens with one attached hydrogen (secondary N) is 2. The van der Waals surface area contributed by atoms with Gasteiger partial charge in [-0.2, -0.15) is 10.4 Å². The molecule has 71 heavy (non-hydrogen) atoms. The van der Waals surface area contributed by atoms with Crippen molar-refractivity contribution in [3.63, 3.8) is 0 Å². The van der Waals surface area contributed by atoms with Gasteiger partial charge in [-0.15, -0.1) is 0 Å². The number of likely N-dealkylation sites (N-methyl/N-ethyl adjacent to an activating group) is 2. The normalized spacial score (nSPS) is 16.4. The number of nitriles is 1. The fourth-order valence-electron chi connectivity index (χ4n) is 8.16. The zero-order valence-corrected chi connectivity index (χ0v) is 41.4. The monoisotopic (exact) mass is 982 g/mol. The van der Waals surface area contributed by atoms with Crippen molar-refractivity contribution in [1.82, 2.24) is 45.1 Å². The summed E-state index contributed by atoms with van der Waals surface area (Å²) >= 11 is 0. The van der Waals surface area contributed by atoms with Gasteiger partial charge in [-0.3, -0.25) is 28.7 Å². The van der Waals surface area contributed by atoms with Crippen LogP contribution in [-0.2, 0) is 54.7 Å². The Hall–Kier alpha value is -7.22. The van der Waals surface area contributed by atoms with E-state index in [1.54, 1.807) is 41.1 Å². The molecule has 4 atom stereocenters. The number of primary amides is 1. The van der Waals surface area contributed by atoms with Crippen LogP contribution in [0.2, 0.25) is 0 Å². The molecule has 0 unspecified atom stereocenters. The standard InChI is InChI=1S/C49H63FN12O9/c1-28(54-6)45(65)57-42(49(3,4)5)48(67)61-26-31-21-33(11-9-30(31)22-38(61)44(53)64)70-20-19-69-18-17-68-16-13-40(63)59(7)14-15-62-39(24-51)41-36-25-55-43(52)46(56-36)71-29(2)35-23-32(50)10-12-34(35)47(66)60(8)27-37(41)58-62/h9-12,21,23,25,28-29,38,42,54H,13-20,22,26-27H2,1-8H3,(H2,52,55)(H2,53,64)(H,57,65)/t28-,29-,38-,42+/m1/s1. The van der Waals surface area contributed by atoms with E-state index in [9.17, 15) is 33.6 Å². The molecule has 21 nitrogen and oxygen atoms in total. The van der Waals surface area contributed by atoms with Crippen molar-refractivity contribution in [3.8, 4) is 29.0 Å². The lowest BCUT2D eigenvalue weighted by molar-refractivity contribution is -0.146. The van der Waals surface area contributed by atoms with Gasteiger partial charge in [0.15, 0.2) is 5.82 Å². The van der Waals surface area contributed by atoms with Gasteiger partial charge in [-0.1, -0.05) is 26.8 Å². The molecule has 2 aliphatic rings. The molecule has 0 radical (unpaired) electrons. The number of benzene rings is 2. The van der Waals surface area contributed by atoms with E-state index in [0.717, 1.165) is 11.1 Å². The average molecular weight is 983 g/mol. The Morgan fingerprint density at radius 1 is 1.06 bits per heavy atom. The number of nitrogen functional groups attached to an aromatic ring is 1. The van der Waals surface area contributed by atoms with Gasteiger partial charge in [0.1, 0.15) is 48.1 Å². The average Bonchev–Trinajstić information content (AvgIpc) is 3.69. The largest absolute Gasteiger partial charge is 0.491 e. The highest BCUT2D eigenvalue weighted by Crippen LogP contribution is 2.34. The van der Waals surface area contributed by atoms with Crippen LogP contribution < -0.4 is 31.6 Å². The number of amides is 5. The van der Waals surface area contributed by atoms with Crippen LogP contribution in [0.5, 0.6) is 11.6 Å². The van der Waals surface area contributed by atoms with Crippen LogP contribution in [0, 0.1) is 22.6 Å². The molecule has 2 aliphatic heterocycles. The molecule has 380 valence electrons. The molecule has 6 N–H and O–H groups in total. The van der Waals surface area contributed by atoms with E-state index in [-0.39, 0.29) is 113 Å². The van der Waals surface area contributed by atoms with Crippen molar-refractivity contribution in [3.05, 3.63) is 82.1 Å². The van der Waals surface area contributed by atoms with Crippen LogP contribution in [0.15, 0.2) is 42.6 Å². The summed E-state index contributed by atoms with van der Waals surface area (Å²) < 4.78 is 39.2. The SMILES string of the molecule is CN[C@H](C)C(=O)N[C@@H](C(=O)N1Cc2cc(OCCOCCOCCC(=O)N(C)CCn3nc4c(c3C#N)-c3cnc(N)c(n3)O[C@H](C)c3cc(F)ccc3C(=O)N(C)C4)ccc2C[C@@H]1C(N)=O)C(C)(C)C. The molecule has 0 saturated carbocycles. The molecule has 2 aromatic carbocycles. The Kier molecular flexibility index (Phi) is 17.3. The highest BCUT2D eigenvalue weighted by Gasteiger charge is 2.42. The van der Waals surface area contributed by atoms with Crippen molar-refractivity contribution in [2.75, 3.05) is 66.5 Å². The number of fused-ring (bicyclic) bond motifs is 6. The third kappa shape index (κ3) is 12.8. The van der Waals surface area contributed by atoms with E-state index in [2.05, 4.69) is 26.7 Å². The number of carbonyl (C=O) groups is 5. The molecule has 4 heterocycles. The van der Waals surface area contributed by atoms with Crippen LogP contribution in [0.3, 0.4) is 0 Å². The summed E-state index contributed by atoms with van der Waals surface area (Å²) in [6, 6.07) is 9.12. The molecule has 0 fully saturated rings. The van der Waals surface area contributed by atoms with Crippen molar-refractivity contribution in [2.24, 2.45) is 11.1 Å². The number of aromatic nitrogens is 4. The zero-order valence-electron chi connectivity index (χ0n) is 41.4. The lowest BCUT2D eigenvalue weighted by Gasteiger charge is -2.40. The van der Waals surface area contributed by atoms with Crippen molar-refractivity contribution < 1.29 is 47.3 Å². The smallest absolute Gasteiger partial charge is 0.258 e. The third-order valence-corrected chi connectivity index (χ3v) is 12.4. The van der Waals surface area contributed by atoms with Gasteiger partial charge in [0.25, 0.3) is 11.8 Å². The van der Waals surface area contributed by atoms with Crippen molar-refractivity contribution in [2.45, 2.75) is 91.3 Å². The van der Waals surface area contributed by atoms with Gasteiger partial charge in [0.2, 0.25) is 23.6 Å². The number of rotatable bonds is 18. The highest BCUT2D eigenvalue weighted by atomic mass is 19.1. The summed E-state index contributed by atoms with van der Waals surface area (Å²) in [4.78, 5) is 79.4. The topological polar surface area (TPSA) is 275 Å². The molecule has 5 amide bonds. The van der Waals surface area contributed by atoms with E-state index in [0.29, 0.717) is 22.6 Å². The summed E-state index contributed by atoms with van der Waals surface area (Å²) in [5.41, 5.74) is 14.4. The van der Waals surface area contributed by atoms with Gasteiger partial charge >= 0.3 is 0 Å². The van der Waals surface area contributed by atoms with E-state index >= 15 is 0 Å². The first-order chi connectivity index (χ1) is 33.7. The first kappa shape index (κ1) is 53.1. The minimum Gasteiger partial charge on any atom is -0.491 e. The number of nitrogens with two attached hydrogens (primary N) is 2. The molecule has 6 rings (SSSR count). The number of hydrogen-bond donors (Lipinski definition) is 4. The van der Waals surface area contributed by atoms with Gasteiger partial charge in [-0.25, -0.2) is 14.4 Å². The van der Waals surface area contributed by atoms with Gasteiger partial charge in [0.05, 0.1) is 75.1 Å². The van der Waals surface area contributed by atoms with Crippen molar-refractivity contribution in [1.29, 1.82) is 5.26 Å². The van der Waals surface area contributed by atoms with Crippen LogP contribution in [0.1, 0.15) is 85.6 Å². The van der Waals surface area contributed by atoms with Gasteiger partial charge < -0.3 is 55.7 Å². The van der Waals surface area contributed by atoms with E-state index in [4.69, 9.17) is 35.5 Å². The second-order valence-electron chi connectivity index (χ2n) is 18.6. The molecule has 0 aliphatic carbocycles. The second kappa shape index (κ2) is 23.1. The summed E-state index contributed by atoms with van der Waals surface area (Å²) in [7, 11) is 4.86. The Bertz CT molecular complexity index is 2670. The second-order valence-corrected chi connectivity index (χ2v) is 18.6. The van der Waals surface area contributed by atoms with Crippen LogP contribution in [0.4, 0.5) is 10.2 Å². The first-order valence-corrected chi connectivity index (χ1v) is 23.3. The minimum atomic E-state index is -0.910. The van der Waals surface area contributed by atoms with Crippen LogP contribution >= 0.6 is 0 Å². The van der Waals surface area contributed by atoms with Crippen molar-refractivity contribution >= 4 is 35.4 Å². The number of carbonyl (C=O) groups excluding carboxylic acids is 5. The number of hydrogen-bond acceptors (Lipinski definition) is 15. The predicted octanol–water partition coefficient (Wildman–Crippen LogP) is 2.50. The van der Waals surface area contributed by atoms with E-state index in [1.807, 2.05) is 32.9 Å². The molecule has 2 bridgehead atoms. The molecule has 0 spiro atoms. The summed E-state index contributed by atoms with van der Waals surface area (Å²) in [6.45, 7) is 10.3. The lowest BCUT2D eigenvalue weighted by Crippen LogP contribution is -2.61. The van der Waals surface area contributed by atoms with E-state index in [1.165, 1.54) is 43.8 Å². The highest BCUT2D eigenvalue weighted by molar-refractivity contribution is 5.96. The zero-order chi connectivity index (χ0) is 51.7. The molecule has 0 saturated heterocycles. The maximum Gasteiger partial charge on any atom is 0.258 e. The number of nitrogens with zero attached hydrogens (tertiary/aromatic N) is 8. The Labute approximate surface area is 411 Å². The fraction of sp³-hybridized carbons (Fsp3) is 0.490. The maximum absolute atomic E-state index is 14.4. The molecular weight excluding hydrogens is 920 g/mol. The fourth-order valence-corrected chi connectivity index (χ4v) is 8.16. The molecule has 2 aromatic heterocycles. The summed E-state index contributed by atoms with van der Waals surface area (Å²) in [5.74, 6) is -2.11. The maximum atomic E-state index is 14.4. The minimum absolute atomic E-state index is 0.0361. The number of anilines is 1. The van der Waals surface area contributed by atoms with Crippen LogP contribution in [-0.4, -0.2) is 143 Å². The van der Waals surface area contributed by atoms with Crippen LogP contribution in [0.25, 0.3) is 11.3 Å². The summed E-state index contributed by atoms with van der Waals surface area (Å²) in [6.07, 6.45) is 0.858. The Morgan fingerprint density at radius 2 is 1.77 bits per heavy atom. The van der Waals surface area contributed by atoms with E-state index < -0.39 is 53.2 Å². The molecular formula is C49H63FN12O9. The number of ether oxygens (including phenoxy) is 4. The quantitative estimate of drug-likeness (QED) is 0.104. The van der Waals surface area contributed by atoms with Gasteiger partial charge in [-0.05, 0) is 67.8 Å².